The van der Waals surface area contributed by atoms with Crippen LogP contribution in [0.5, 0.6) is 5.75 Å². The molecule has 19 heavy (non-hydrogen) atoms. The average Bonchev–Trinajstić information content (AvgIpc) is 2.30. The summed E-state index contributed by atoms with van der Waals surface area (Å²) in [4.78, 5) is 20.7. The fourth-order valence-corrected chi connectivity index (χ4v) is 1.31. The maximum atomic E-state index is 13.7. The van der Waals surface area contributed by atoms with Crippen molar-refractivity contribution < 1.29 is 24.0 Å². The lowest BCUT2D eigenvalue weighted by molar-refractivity contribution is -0.385. The molecule has 0 spiro atoms. The molecule has 6 nitrogen and oxygen atoms in total. The van der Waals surface area contributed by atoms with Gasteiger partial charge in [0.15, 0.2) is 11.6 Å². The minimum atomic E-state index is -1.51. The molecule has 0 saturated heterocycles. The van der Waals surface area contributed by atoms with Crippen LogP contribution in [0.15, 0.2) is 12.1 Å². The molecule has 0 aromatic heterocycles. The molecule has 0 aliphatic rings. The van der Waals surface area contributed by atoms with E-state index in [0.717, 1.165) is 6.07 Å². The molecule has 0 aliphatic carbocycles. The number of rotatable bonds is 5. The predicted molar refractivity (Wildman–Crippen MR) is 65.0 cm³/mol. The number of hydrogen-bond acceptors (Lipinski definition) is 4. The average molecular weight is 271 g/mol. The van der Waals surface area contributed by atoms with Gasteiger partial charge in [-0.15, -0.1) is 0 Å². The molecular weight excluding hydrogens is 257 g/mol. The van der Waals surface area contributed by atoms with Gasteiger partial charge in [0.1, 0.15) is 11.2 Å². The first-order chi connectivity index (χ1) is 8.68. The van der Waals surface area contributed by atoms with Crippen molar-refractivity contribution in [3.63, 3.8) is 0 Å². The number of halogens is 1. The van der Waals surface area contributed by atoms with E-state index in [1.807, 2.05) is 6.92 Å². The lowest BCUT2D eigenvalue weighted by Crippen LogP contribution is -2.27. The van der Waals surface area contributed by atoms with Crippen LogP contribution in [0.2, 0.25) is 0 Å². The Bertz CT molecular complexity index is 527. The lowest BCUT2D eigenvalue weighted by Gasteiger charge is -2.25. The minimum absolute atomic E-state index is 0.310. The van der Waals surface area contributed by atoms with E-state index in [0.29, 0.717) is 12.5 Å². The summed E-state index contributed by atoms with van der Waals surface area (Å²) in [5, 5.41) is 19.6. The second kappa shape index (κ2) is 5.21. The van der Waals surface area contributed by atoms with E-state index >= 15 is 0 Å². The minimum Gasteiger partial charge on any atom is -0.485 e. The van der Waals surface area contributed by atoms with E-state index in [2.05, 4.69) is 0 Å². The van der Waals surface area contributed by atoms with Gasteiger partial charge >= 0.3 is 5.97 Å². The zero-order valence-electron chi connectivity index (χ0n) is 10.8. The molecule has 0 saturated carbocycles. The third-order valence-electron chi connectivity index (χ3n) is 2.72. The summed E-state index contributed by atoms with van der Waals surface area (Å²) >= 11 is 0. The summed E-state index contributed by atoms with van der Waals surface area (Å²) in [5.74, 6) is -2.78. The first-order valence-corrected chi connectivity index (χ1v) is 5.58. The summed E-state index contributed by atoms with van der Waals surface area (Å²) in [6.45, 7) is 5.23. The number of nitrogens with zero attached hydrogens (tertiary/aromatic N) is 1. The number of aromatic carboxylic acids is 1. The summed E-state index contributed by atoms with van der Waals surface area (Å²) in [5.41, 5.74) is -2.10. The van der Waals surface area contributed by atoms with E-state index in [4.69, 9.17) is 9.84 Å². The van der Waals surface area contributed by atoms with Crippen molar-refractivity contribution in [2.24, 2.45) is 0 Å². The molecule has 0 aliphatic heterocycles. The van der Waals surface area contributed by atoms with Gasteiger partial charge in [-0.05, 0) is 20.3 Å². The van der Waals surface area contributed by atoms with Gasteiger partial charge in [-0.3, -0.25) is 10.1 Å². The van der Waals surface area contributed by atoms with Crippen LogP contribution < -0.4 is 4.74 Å². The molecule has 0 fully saturated rings. The molecule has 7 heteroatoms. The third kappa shape index (κ3) is 3.40. The predicted octanol–water partition coefficient (Wildman–Crippen LogP) is 3.00. The number of ether oxygens (including phenoxy) is 1. The summed E-state index contributed by atoms with van der Waals surface area (Å²) in [7, 11) is 0. The van der Waals surface area contributed by atoms with Crippen molar-refractivity contribution in [3.8, 4) is 5.75 Å². The summed E-state index contributed by atoms with van der Waals surface area (Å²) in [6.07, 6.45) is 0.561. The molecule has 1 aromatic carbocycles. The van der Waals surface area contributed by atoms with Crippen molar-refractivity contribution >= 4 is 11.7 Å². The SMILES string of the molecule is CCC(C)(C)Oc1cc(C(=O)O)c([N+](=O)[O-])cc1F. The van der Waals surface area contributed by atoms with Crippen LogP contribution in [0.3, 0.4) is 0 Å². The Hall–Kier alpha value is -2.18. The molecule has 1 N–H and O–H groups in total. The maximum Gasteiger partial charge on any atom is 0.342 e. The molecule has 0 radical (unpaired) electrons. The van der Waals surface area contributed by atoms with Gasteiger partial charge in [0.2, 0.25) is 0 Å². The molecule has 1 rings (SSSR count). The Morgan fingerprint density at radius 1 is 1.53 bits per heavy atom. The highest BCUT2D eigenvalue weighted by atomic mass is 19.1. The smallest absolute Gasteiger partial charge is 0.342 e. The zero-order chi connectivity index (χ0) is 14.8. The first kappa shape index (κ1) is 14.9. The summed E-state index contributed by atoms with van der Waals surface area (Å²) in [6, 6.07) is 1.40. The van der Waals surface area contributed by atoms with Crippen LogP contribution in [-0.4, -0.2) is 21.6 Å². The third-order valence-corrected chi connectivity index (χ3v) is 2.72. The monoisotopic (exact) mass is 271 g/mol. The molecule has 104 valence electrons. The number of carbonyl (C=O) groups is 1. The van der Waals surface area contributed by atoms with Crippen molar-refractivity contribution in [1.29, 1.82) is 0 Å². The normalized spacial score (nSPS) is 11.2. The van der Waals surface area contributed by atoms with Gasteiger partial charge < -0.3 is 9.84 Å². The number of carboxylic acid groups (broad SMARTS) is 1. The van der Waals surface area contributed by atoms with Crippen LogP contribution in [0, 0.1) is 15.9 Å². The van der Waals surface area contributed by atoms with E-state index in [9.17, 15) is 19.3 Å². The number of nitro groups is 1. The van der Waals surface area contributed by atoms with Crippen LogP contribution in [-0.2, 0) is 0 Å². The van der Waals surface area contributed by atoms with Crippen LogP contribution in [0.4, 0.5) is 10.1 Å². The van der Waals surface area contributed by atoms with Crippen LogP contribution in [0.1, 0.15) is 37.6 Å². The lowest BCUT2D eigenvalue weighted by atomic mass is 10.1. The Morgan fingerprint density at radius 3 is 2.53 bits per heavy atom. The van der Waals surface area contributed by atoms with Gasteiger partial charge in [0.05, 0.1) is 11.0 Å². The van der Waals surface area contributed by atoms with Crippen molar-refractivity contribution in [1.82, 2.24) is 0 Å². The van der Waals surface area contributed by atoms with E-state index in [-0.39, 0.29) is 5.75 Å². The molecular formula is C12H14FNO5. The second-order valence-electron chi connectivity index (χ2n) is 4.58. The van der Waals surface area contributed by atoms with Crippen LogP contribution >= 0.6 is 0 Å². The van der Waals surface area contributed by atoms with Crippen molar-refractivity contribution in [2.75, 3.05) is 0 Å². The fraction of sp³-hybridized carbons (Fsp3) is 0.417. The largest absolute Gasteiger partial charge is 0.485 e. The maximum absolute atomic E-state index is 13.7. The summed E-state index contributed by atoms with van der Waals surface area (Å²) < 4.78 is 19.0. The highest BCUT2D eigenvalue weighted by molar-refractivity contribution is 5.92. The number of hydrogen-bond donors (Lipinski definition) is 1. The molecule has 0 heterocycles. The first-order valence-electron chi connectivity index (χ1n) is 5.58. The Labute approximate surface area is 109 Å². The second-order valence-corrected chi connectivity index (χ2v) is 4.58. The fourth-order valence-electron chi connectivity index (χ4n) is 1.31. The Kier molecular flexibility index (Phi) is 4.08. The molecule has 0 bridgehead atoms. The van der Waals surface area contributed by atoms with Crippen molar-refractivity contribution in [3.05, 3.63) is 33.6 Å². The van der Waals surface area contributed by atoms with E-state index < -0.39 is 33.6 Å². The number of benzene rings is 1. The van der Waals surface area contributed by atoms with Gasteiger partial charge in [-0.2, -0.15) is 0 Å². The number of nitro benzene ring substituents is 1. The molecule has 1 aromatic rings. The van der Waals surface area contributed by atoms with E-state index in [1.165, 1.54) is 0 Å². The standard InChI is InChI=1S/C12H14FNO5/c1-4-12(2,3)19-10-5-7(11(15)16)9(14(17)18)6-8(10)13/h5-6H,4H2,1-3H3,(H,15,16). The van der Waals surface area contributed by atoms with Gasteiger partial charge in [-0.25, -0.2) is 9.18 Å². The highest BCUT2D eigenvalue weighted by Gasteiger charge is 2.26. The van der Waals surface area contributed by atoms with Gasteiger partial charge in [0, 0.05) is 6.07 Å². The number of carboxylic acids is 1. The molecule has 0 atom stereocenters. The van der Waals surface area contributed by atoms with Gasteiger partial charge in [0.25, 0.3) is 5.69 Å². The quantitative estimate of drug-likeness (QED) is 0.656. The van der Waals surface area contributed by atoms with Crippen LogP contribution in [0.25, 0.3) is 0 Å². The van der Waals surface area contributed by atoms with Crippen molar-refractivity contribution in [2.45, 2.75) is 32.8 Å². The topological polar surface area (TPSA) is 89.7 Å². The zero-order valence-corrected chi connectivity index (χ0v) is 10.8. The molecule has 0 unspecified atom stereocenters. The Morgan fingerprint density at radius 2 is 2.11 bits per heavy atom. The van der Waals surface area contributed by atoms with Gasteiger partial charge in [-0.1, -0.05) is 6.92 Å². The Balaban J connectivity index is 3.33. The van der Waals surface area contributed by atoms with E-state index in [1.54, 1.807) is 13.8 Å². The molecule has 0 amide bonds. The highest BCUT2D eigenvalue weighted by Crippen LogP contribution is 2.30.